The Hall–Kier alpha value is -0.770. The lowest BCUT2D eigenvalue weighted by atomic mass is 10.2. The minimum Gasteiger partial charge on any atom is -0.444 e. The molecule has 0 fully saturated rings. The SMILES string of the molecule is CCCCCCN(C)C(C)CNC(=O)OC(C)(C)C. The lowest BCUT2D eigenvalue weighted by molar-refractivity contribution is 0.0513. The number of hydrogen-bond donors (Lipinski definition) is 1. The average molecular weight is 272 g/mol. The van der Waals surface area contributed by atoms with Crippen LogP contribution in [0.15, 0.2) is 0 Å². The summed E-state index contributed by atoms with van der Waals surface area (Å²) >= 11 is 0. The van der Waals surface area contributed by atoms with Gasteiger partial charge in [0.15, 0.2) is 0 Å². The number of ether oxygens (including phenoxy) is 1. The Morgan fingerprint density at radius 1 is 1.26 bits per heavy atom. The van der Waals surface area contributed by atoms with Gasteiger partial charge in [0, 0.05) is 12.6 Å². The van der Waals surface area contributed by atoms with Gasteiger partial charge in [0.1, 0.15) is 5.60 Å². The van der Waals surface area contributed by atoms with Gasteiger partial charge < -0.3 is 15.0 Å². The molecule has 0 aromatic rings. The van der Waals surface area contributed by atoms with Crippen molar-refractivity contribution in [2.45, 2.75) is 71.9 Å². The number of amides is 1. The third-order valence-corrected chi connectivity index (χ3v) is 3.06. The van der Waals surface area contributed by atoms with Crippen LogP contribution in [0.1, 0.15) is 60.3 Å². The number of likely N-dealkylation sites (N-methyl/N-ethyl adjacent to an activating group) is 1. The fraction of sp³-hybridized carbons (Fsp3) is 0.933. The minimum atomic E-state index is -0.431. The number of carbonyl (C=O) groups excluding carboxylic acids is 1. The first-order valence-corrected chi connectivity index (χ1v) is 7.43. The Bertz CT molecular complexity index is 249. The molecule has 4 heteroatoms. The topological polar surface area (TPSA) is 41.6 Å². The molecule has 0 spiro atoms. The van der Waals surface area contributed by atoms with Gasteiger partial charge in [0.2, 0.25) is 0 Å². The summed E-state index contributed by atoms with van der Waals surface area (Å²) in [5.74, 6) is 0. The fourth-order valence-corrected chi connectivity index (χ4v) is 1.71. The second-order valence-corrected chi connectivity index (χ2v) is 6.27. The molecule has 1 atom stereocenters. The van der Waals surface area contributed by atoms with Crippen molar-refractivity contribution in [2.75, 3.05) is 20.1 Å². The largest absolute Gasteiger partial charge is 0.444 e. The Morgan fingerprint density at radius 2 is 1.89 bits per heavy atom. The molecule has 0 aliphatic heterocycles. The number of rotatable bonds is 8. The van der Waals surface area contributed by atoms with Gasteiger partial charge in [-0.3, -0.25) is 0 Å². The maximum Gasteiger partial charge on any atom is 0.407 e. The van der Waals surface area contributed by atoms with Gasteiger partial charge in [0.25, 0.3) is 0 Å². The number of carbonyl (C=O) groups is 1. The maximum atomic E-state index is 11.5. The quantitative estimate of drug-likeness (QED) is 0.688. The molecule has 114 valence electrons. The first kappa shape index (κ1) is 18.2. The second kappa shape index (κ2) is 9.18. The molecule has 0 heterocycles. The summed E-state index contributed by atoms with van der Waals surface area (Å²) in [6.07, 6.45) is 4.74. The molecule has 4 nitrogen and oxygen atoms in total. The lowest BCUT2D eigenvalue weighted by Gasteiger charge is -2.26. The van der Waals surface area contributed by atoms with Crippen LogP contribution in [0.25, 0.3) is 0 Å². The van der Waals surface area contributed by atoms with E-state index in [4.69, 9.17) is 4.74 Å². The molecular weight excluding hydrogens is 240 g/mol. The molecule has 0 saturated carbocycles. The first-order chi connectivity index (χ1) is 8.76. The van der Waals surface area contributed by atoms with E-state index < -0.39 is 5.60 Å². The van der Waals surface area contributed by atoms with Crippen LogP contribution in [-0.2, 0) is 4.74 Å². The van der Waals surface area contributed by atoms with E-state index >= 15 is 0 Å². The van der Waals surface area contributed by atoms with Gasteiger partial charge >= 0.3 is 6.09 Å². The third-order valence-electron chi connectivity index (χ3n) is 3.06. The molecule has 0 aliphatic carbocycles. The van der Waals surface area contributed by atoms with Gasteiger partial charge in [-0.1, -0.05) is 26.2 Å². The number of hydrogen-bond acceptors (Lipinski definition) is 3. The Morgan fingerprint density at radius 3 is 2.42 bits per heavy atom. The van der Waals surface area contributed by atoms with Crippen molar-refractivity contribution in [3.8, 4) is 0 Å². The molecule has 19 heavy (non-hydrogen) atoms. The zero-order valence-corrected chi connectivity index (χ0v) is 13.6. The van der Waals surface area contributed by atoms with Crippen LogP contribution in [0, 0.1) is 0 Å². The van der Waals surface area contributed by atoms with Crippen molar-refractivity contribution in [3.63, 3.8) is 0 Å². The summed E-state index contributed by atoms with van der Waals surface area (Å²) in [6.45, 7) is 11.7. The summed E-state index contributed by atoms with van der Waals surface area (Å²) < 4.78 is 5.21. The smallest absolute Gasteiger partial charge is 0.407 e. The van der Waals surface area contributed by atoms with Crippen molar-refractivity contribution in [3.05, 3.63) is 0 Å². The highest BCUT2D eigenvalue weighted by Gasteiger charge is 2.17. The van der Waals surface area contributed by atoms with Crippen molar-refractivity contribution in [1.82, 2.24) is 10.2 Å². The molecule has 0 aromatic heterocycles. The molecule has 0 radical (unpaired) electrons. The molecule has 0 saturated heterocycles. The van der Waals surface area contributed by atoms with Crippen molar-refractivity contribution in [1.29, 1.82) is 0 Å². The second-order valence-electron chi connectivity index (χ2n) is 6.27. The van der Waals surface area contributed by atoms with Gasteiger partial charge in [-0.15, -0.1) is 0 Å². The molecular formula is C15H32N2O2. The van der Waals surface area contributed by atoms with Crippen LogP contribution in [0.4, 0.5) is 4.79 Å². The first-order valence-electron chi connectivity index (χ1n) is 7.43. The van der Waals surface area contributed by atoms with Gasteiger partial charge in [-0.05, 0) is 47.7 Å². The van der Waals surface area contributed by atoms with Crippen molar-refractivity contribution < 1.29 is 9.53 Å². The van der Waals surface area contributed by atoms with Crippen LogP contribution in [0.3, 0.4) is 0 Å². The monoisotopic (exact) mass is 272 g/mol. The standard InChI is InChI=1S/C15H32N2O2/c1-7-8-9-10-11-17(6)13(2)12-16-14(18)19-15(3,4)5/h13H,7-12H2,1-6H3,(H,16,18). The predicted octanol–water partition coefficient (Wildman–Crippen LogP) is 3.41. The molecule has 1 amide bonds. The fourth-order valence-electron chi connectivity index (χ4n) is 1.71. The van der Waals surface area contributed by atoms with Crippen molar-refractivity contribution >= 4 is 6.09 Å². The molecule has 0 rings (SSSR count). The number of unbranched alkanes of at least 4 members (excludes halogenated alkanes) is 3. The average Bonchev–Trinajstić information content (AvgIpc) is 2.29. The summed E-state index contributed by atoms with van der Waals surface area (Å²) in [7, 11) is 2.10. The zero-order valence-electron chi connectivity index (χ0n) is 13.6. The van der Waals surface area contributed by atoms with Gasteiger partial charge in [-0.2, -0.15) is 0 Å². The molecule has 1 N–H and O–H groups in total. The summed E-state index contributed by atoms with van der Waals surface area (Å²) in [5, 5.41) is 2.82. The number of nitrogens with zero attached hydrogens (tertiary/aromatic N) is 1. The Balaban J connectivity index is 3.77. The van der Waals surface area contributed by atoms with E-state index in [0.717, 1.165) is 6.54 Å². The van der Waals surface area contributed by atoms with Gasteiger partial charge in [-0.25, -0.2) is 4.79 Å². The summed E-state index contributed by atoms with van der Waals surface area (Å²) in [6, 6.07) is 0.328. The molecule has 0 bridgehead atoms. The predicted molar refractivity (Wildman–Crippen MR) is 80.5 cm³/mol. The van der Waals surface area contributed by atoms with Crippen LogP contribution >= 0.6 is 0 Å². The Kier molecular flexibility index (Phi) is 8.81. The minimum absolute atomic E-state index is 0.328. The Labute approximate surface area is 118 Å². The van der Waals surface area contributed by atoms with E-state index in [-0.39, 0.29) is 6.09 Å². The zero-order chi connectivity index (χ0) is 14.9. The normalized spacial score (nSPS) is 13.4. The van der Waals surface area contributed by atoms with E-state index in [2.05, 4.69) is 31.1 Å². The van der Waals surface area contributed by atoms with E-state index in [1.54, 1.807) is 0 Å². The van der Waals surface area contributed by atoms with E-state index in [0.29, 0.717) is 12.6 Å². The van der Waals surface area contributed by atoms with E-state index in [1.807, 2.05) is 20.8 Å². The third kappa shape index (κ3) is 10.8. The highest BCUT2D eigenvalue weighted by molar-refractivity contribution is 5.67. The van der Waals surface area contributed by atoms with E-state index in [9.17, 15) is 4.79 Å². The molecule has 1 unspecified atom stereocenters. The van der Waals surface area contributed by atoms with Crippen LogP contribution in [0.5, 0.6) is 0 Å². The summed E-state index contributed by atoms with van der Waals surface area (Å²) in [4.78, 5) is 13.8. The number of alkyl carbamates (subject to hydrolysis) is 1. The van der Waals surface area contributed by atoms with E-state index in [1.165, 1.54) is 25.7 Å². The highest BCUT2D eigenvalue weighted by Crippen LogP contribution is 2.07. The molecule has 0 aromatic carbocycles. The van der Waals surface area contributed by atoms with Crippen LogP contribution < -0.4 is 5.32 Å². The van der Waals surface area contributed by atoms with Crippen molar-refractivity contribution in [2.24, 2.45) is 0 Å². The van der Waals surface area contributed by atoms with Crippen LogP contribution in [0.2, 0.25) is 0 Å². The number of nitrogens with one attached hydrogen (secondary N) is 1. The van der Waals surface area contributed by atoms with Gasteiger partial charge in [0.05, 0.1) is 0 Å². The lowest BCUT2D eigenvalue weighted by Crippen LogP contribution is -2.42. The maximum absolute atomic E-state index is 11.5. The van der Waals surface area contributed by atoms with Crippen LogP contribution in [-0.4, -0.2) is 42.8 Å². The molecule has 0 aliphatic rings. The summed E-state index contributed by atoms with van der Waals surface area (Å²) in [5.41, 5.74) is -0.431. The highest BCUT2D eigenvalue weighted by atomic mass is 16.6.